The number of benzene rings is 1. The largest absolute Gasteiger partial charge is 0.497 e. The Morgan fingerprint density at radius 3 is 2.58 bits per heavy atom. The van der Waals surface area contributed by atoms with Crippen molar-refractivity contribution in [2.75, 3.05) is 47.4 Å². The van der Waals surface area contributed by atoms with E-state index in [1.807, 2.05) is 31.1 Å². The SMILES string of the molecule is COc1ccc(CN2CC[C@@]3(CCCN(C(=O)N(C)C)C3)C2)cc1. The highest BCUT2D eigenvalue weighted by atomic mass is 16.5. The molecule has 0 N–H and O–H groups in total. The number of likely N-dealkylation sites (tertiary alicyclic amines) is 2. The molecule has 0 aliphatic carbocycles. The van der Waals surface area contributed by atoms with Crippen LogP contribution in [0.2, 0.25) is 0 Å². The molecule has 0 radical (unpaired) electrons. The fourth-order valence-corrected chi connectivity index (χ4v) is 4.14. The molecule has 0 bridgehead atoms. The van der Waals surface area contributed by atoms with Crippen LogP contribution in [0.15, 0.2) is 24.3 Å². The van der Waals surface area contributed by atoms with Crippen molar-refractivity contribution in [3.63, 3.8) is 0 Å². The van der Waals surface area contributed by atoms with Crippen LogP contribution in [0.1, 0.15) is 24.8 Å². The van der Waals surface area contributed by atoms with Gasteiger partial charge in [0.2, 0.25) is 0 Å². The molecule has 5 heteroatoms. The summed E-state index contributed by atoms with van der Waals surface area (Å²) in [5.41, 5.74) is 1.61. The van der Waals surface area contributed by atoms with E-state index in [9.17, 15) is 4.79 Å². The molecule has 1 spiro atoms. The van der Waals surface area contributed by atoms with Gasteiger partial charge < -0.3 is 14.5 Å². The van der Waals surface area contributed by atoms with Crippen molar-refractivity contribution in [1.82, 2.24) is 14.7 Å². The minimum atomic E-state index is 0.155. The van der Waals surface area contributed by atoms with Gasteiger partial charge in [0, 0.05) is 45.7 Å². The van der Waals surface area contributed by atoms with Crippen LogP contribution in [0, 0.1) is 5.41 Å². The van der Waals surface area contributed by atoms with Gasteiger partial charge in [-0.15, -0.1) is 0 Å². The predicted octanol–water partition coefficient (Wildman–Crippen LogP) is 2.66. The normalized spacial score (nSPS) is 24.4. The van der Waals surface area contributed by atoms with Crippen LogP contribution in [-0.4, -0.2) is 68.1 Å². The number of carbonyl (C=O) groups is 1. The number of piperidine rings is 1. The second-order valence-electron chi connectivity index (χ2n) is 7.51. The predicted molar refractivity (Wildman–Crippen MR) is 95.2 cm³/mol. The maximum absolute atomic E-state index is 12.3. The number of methoxy groups -OCH3 is 1. The lowest BCUT2D eigenvalue weighted by molar-refractivity contribution is 0.0946. The zero-order valence-electron chi connectivity index (χ0n) is 15.1. The van der Waals surface area contributed by atoms with Crippen LogP contribution in [0.25, 0.3) is 0 Å². The monoisotopic (exact) mass is 331 g/mol. The van der Waals surface area contributed by atoms with E-state index >= 15 is 0 Å². The molecular weight excluding hydrogens is 302 g/mol. The summed E-state index contributed by atoms with van der Waals surface area (Å²) in [6.45, 7) is 5.00. The Bertz CT molecular complexity index is 572. The Balaban J connectivity index is 1.60. The third-order valence-electron chi connectivity index (χ3n) is 5.40. The summed E-state index contributed by atoms with van der Waals surface area (Å²) in [5, 5.41) is 0. The first kappa shape index (κ1) is 17.1. The van der Waals surface area contributed by atoms with E-state index in [-0.39, 0.29) is 11.4 Å². The highest BCUT2D eigenvalue weighted by Crippen LogP contribution is 2.39. The summed E-state index contributed by atoms with van der Waals surface area (Å²) < 4.78 is 5.23. The van der Waals surface area contributed by atoms with Crippen molar-refractivity contribution in [3.05, 3.63) is 29.8 Å². The second kappa shape index (κ2) is 7.01. The Labute approximate surface area is 145 Å². The van der Waals surface area contributed by atoms with Crippen molar-refractivity contribution in [1.29, 1.82) is 0 Å². The van der Waals surface area contributed by atoms with Gasteiger partial charge in [-0.3, -0.25) is 4.90 Å². The van der Waals surface area contributed by atoms with E-state index in [1.165, 1.54) is 18.4 Å². The Kier molecular flexibility index (Phi) is 4.99. The Morgan fingerprint density at radius 2 is 1.92 bits per heavy atom. The first-order valence-corrected chi connectivity index (χ1v) is 8.83. The summed E-state index contributed by atoms with van der Waals surface area (Å²) in [5.74, 6) is 0.904. The van der Waals surface area contributed by atoms with Gasteiger partial charge in [0.15, 0.2) is 0 Å². The summed E-state index contributed by atoms with van der Waals surface area (Å²) in [7, 11) is 5.38. The average Bonchev–Trinajstić information content (AvgIpc) is 2.96. The van der Waals surface area contributed by atoms with Gasteiger partial charge in [-0.05, 0) is 43.5 Å². The zero-order valence-corrected chi connectivity index (χ0v) is 15.1. The maximum atomic E-state index is 12.3. The van der Waals surface area contributed by atoms with Crippen LogP contribution in [0.4, 0.5) is 4.79 Å². The van der Waals surface area contributed by atoms with Gasteiger partial charge in [0.05, 0.1) is 7.11 Å². The standard InChI is InChI=1S/C19H29N3O2/c1-20(2)18(23)22-11-4-9-19(15-22)10-12-21(14-19)13-16-5-7-17(24-3)8-6-16/h5-8H,4,9-15H2,1-3H3/t19-/m0/s1. The van der Waals surface area contributed by atoms with Crippen LogP contribution in [-0.2, 0) is 6.54 Å². The molecule has 0 aromatic heterocycles. The molecule has 2 aliphatic rings. The Morgan fingerprint density at radius 1 is 1.17 bits per heavy atom. The van der Waals surface area contributed by atoms with Crippen molar-refractivity contribution in [3.8, 4) is 5.75 Å². The number of hydrogen-bond acceptors (Lipinski definition) is 3. The topological polar surface area (TPSA) is 36.0 Å². The lowest BCUT2D eigenvalue weighted by Crippen LogP contribution is -2.50. The molecule has 2 saturated heterocycles. The molecule has 24 heavy (non-hydrogen) atoms. The summed E-state index contributed by atoms with van der Waals surface area (Å²) in [6.07, 6.45) is 3.56. The highest BCUT2D eigenvalue weighted by molar-refractivity contribution is 5.74. The number of carbonyl (C=O) groups excluding carboxylic acids is 1. The summed E-state index contributed by atoms with van der Waals surface area (Å²) >= 11 is 0. The van der Waals surface area contributed by atoms with Crippen molar-refractivity contribution in [2.45, 2.75) is 25.8 Å². The first-order chi connectivity index (χ1) is 11.5. The molecule has 1 aromatic carbocycles. The number of nitrogens with zero attached hydrogens (tertiary/aromatic N) is 3. The number of amides is 2. The zero-order chi connectivity index (χ0) is 17.2. The summed E-state index contributed by atoms with van der Waals surface area (Å²) in [4.78, 5) is 18.6. The van der Waals surface area contributed by atoms with E-state index in [1.54, 1.807) is 12.0 Å². The van der Waals surface area contributed by atoms with E-state index in [0.717, 1.165) is 44.9 Å². The highest BCUT2D eigenvalue weighted by Gasteiger charge is 2.42. The third-order valence-corrected chi connectivity index (χ3v) is 5.40. The first-order valence-electron chi connectivity index (χ1n) is 8.83. The van der Waals surface area contributed by atoms with Crippen LogP contribution in [0.5, 0.6) is 5.75 Å². The minimum Gasteiger partial charge on any atom is -0.497 e. The molecular formula is C19H29N3O2. The molecule has 5 nitrogen and oxygen atoms in total. The number of hydrogen-bond donors (Lipinski definition) is 0. The van der Waals surface area contributed by atoms with Gasteiger partial charge in [0.25, 0.3) is 0 Å². The van der Waals surface area contributed by atoms with Crippen molar-refractivity contribution in [2.24, 2.45) is 5.41 Å². The molecule has 132 valence electrons. The molecule has 0 saturated carbocycles. The van der Waals surface area contributed by atoms with Crippen LogP contribution < -0.4 is 4.74 Å². The van der Waals surface area contributed by atoms with Crippen LogP contribution >= 0.6 is 0 Å². The average molecular weight is 331 g/mol. The fourth-order valence-electron chi connectivity index (χ4n) is 4.14. The molecule has 1 aromatic rings. The van der Waals surface area contributed by atoms with Gasteiger partial charge in [-0.25, -0.2) is 4.79 Å². The second-order valence-corrected chi connectivity index (χ2v) is 7.51. The molecule has 2 heterocycles. The van der Waals surface area contributed by atoms with Gasteiger partial charge in [0.1, 0.15) is 5.75 Å². The van der Waals surface area contributed by atoms with Gasteiger partial charge in [-0.1, -0.05) is 12.1 Å². The number of urea groups is 1. The van der Waals surface area contributed by atoms with Crippen molar-refractivity contribution >= 4 is 6.03 Å². The van der Waals surface area contributed by atoms with Crippen LogP contribution in [0.3, 0.4) is 0 Å². The molecule has 0 unspecified atom stereocenters. The lowest BCUT2D eigenvalue weighted by Gasteiger charge is -2.41. The molecule has 1 atom stereocenters. The molecule has 2 fully saturated rings. The van der Waals surface area contributed by atoms with E-state index in [2.05, 4.69) is 17.0 Å². The number of rotatable bonds is 3. The van der Waals surface area contributed by atoms with Crippen molar-refractivity contribution < 1.29 is 9.53 Å². The fraction of sp³-hybridized carbons (Fsp3) is 0.632. The summed E-state index contributed by atoms with van der Waals surface area (Å²) in [6, 6.07) is 8.50. The Hall–Kier alpha value is -1.75. The maximum Gasteiger partial charge on any atom is 0.319 e. The number of ether oxygens (including phenoxy) is 1. The van der Waals surface area contributed by atoms with Gasteiger partial charge >= 0.3 is 6.03 Å². The lowest BCUT2D eigenvalue weighted by atomic mass is 9.79. The third kappa shape index (κ3) is 3.66. The van der Waals surface area contributed by atoms with E-state index < -0.39 is 0 Å². The molecule has 2 amide bonds. The minimum absolute atomic E-state index is 0.155. The molecule has 2 aliphatic heterocycles. The van der Waals surface area contributed by atoms with E-state index in [0.29, 0.717) is 0 Å². The van der Waals surface area contributed by atoms with E-state index in [4.69, 9.17) is 4.74 Å². The quantitative estimate of drug-likeness (QED) is 0.854. The molecule has 3 rings (SSSR count). The smallest absolute Gasteiger partial charge is 0.319 e. The van der Waals surface area contributed by atoms with Gasteiger partial charge in [-0.2, -0.15) is 0 Å².